The van der Waals surface area contributed by atoms with E-state index in [0.717, 1.165) is 5.56 Å². The minimum absolute atomic E-state index is 0.146. The molecule has 1 atom stereocenters. The fourth-order valence-corrected chi connectivity index (χ4v) is 2.10. The topological polar surface area (TPSA) is 46.3 Å². The Hall–Kier alpha value is -1.06. The summed E-state index contributed by atoms with van der Waals surface area (Å²) in [5.41, 5.74) is 6.63. The van der Waals surface area contributed by atoms with Crippen molar-refractivity contribution in [2.24, 2.45) is 11.7 Å². The van der Waals surface area contributed by atoms with Crippen LogP contribution in [0.5, 0.6) is 0 Å². The molecular weight excluding hydrogens is 260 g/mol. The van der Waals surface area contributed by atoms with Crippen LogP contribution in [0.1, 0.15) is 32.8 Å². The Morgan fingerprint density at radius 3 is 2.58 bits per heavy atom. The summed E-state index contributed by atoms with van der Waals surface area (Å²) in [6.45, 7) is 7.17. The first-order valence-corrected chi connectivity index (χ1v) is 7.05. The quantitative estimate of drug-likeness (QED) is 0.872. The largest absolute Gasteiger partial charge is 0.336 e. The van der Waals surface area contributed by atoms with Crippen LogP contribution in [-0.4, -0.2) is 23.4 Å². The molecule has 0 saturated carbocycles. The summed E-state index contributed by atoms with van der Waals surface area (Å²) in [5.74, 6) is 0.362. The first-order valence-electron chi connectivity index (χ1n) is 6.68. The number of carbonyl (C=O) groups excluding carboxylic acids is 1. The van der Waals surface area contributed by atoms with E-state index in [1.807, 2.05) is 49.9 Å². The van der Waals surface area contributed by atoms with Crippen molar-refractivity contribution < 1.29 is 4.79 Å². The number of benzene rings is 1. The summed E-state index contributed by atoms with van der Waals surface area (Å²) >= 11 is 5.97. The summed E-state index contributed by atoms with van der Waals surface area (Å²) in [4.78, 5) is 14.2. The summed E-state index contributed by atoms with van der Waals surface area (Å²) in [7, 11) is 0. The lowest BCUT2D eigenvalue weighted by Gasteiger charge is -2.28. The highest BCUT2D eigenvalue weighted by Crippen LogP contribution is 2.16. The molecule has 1 amide bonds. The van der Waals surface area contributed by atoms with Gasteiger partial charge in [-0.2, -0.15) is 0 Å². The van der Waals surface area contributed by atoms with Crippen molar-refractivity contribution in [3.8, 4) is 0 Å². The van der Waals surface area contributed by atoms with E-state index in [4.69, 9.17) is 17.3 Å². The van der Waals surface area contributed by atoms with Gasteiger partial charge in [-0.3, -0.25) is 4.79 Å². The Bertz CT molecular complexity index is 420. The van der Waals surface area contributed by atoms with Crippen molar-refractivity contribution in [2.75, 3.05) is 6.54 Å². The lowest BCUT2D eigenvalue weighted by atomic mass is 10.1. The molecule has 1 rings (SSSR count). The fraction of sp³-hybridized carbons (Fsp3) is 0.533. The van der Waals surface area contributed by atoms with Gasteiger partial charge in [-0.25, -0.2) is 0 Å². The molecule has 0 bridgehead atoms. The molecule has 0 unspecified atom stereocenters. The molecule has 0 aliphatic rings. The van der Waals surface area contributed by atoms with Gasteiger partial charge in [0.25, 0.3) is 0 Å². The van der Waals surface area contributed by atoms with E-state index in [9.17, 15) is 4.79 Å². The van der Waals surface area contributed by atoms with Crippen LogP contribution in [0.25, 0.3) is 0 Å². The number of hydrogen-bond donors (Lipinski definition) is 1. The van der Waals surface area contributed by atoms with Crippen molar-refractivity contribution in [1.29, 1.82) is 0 Å². The minimum Gasteiger partial charge on any atom is -0.336 e. The molecule has 4 heteroatoms. The predicted molar refractivity (Wildman–Crippen MR) is 80.0 cm³/mol. The van der Waals surface area contributed by atoms with Crippen molar-refractivity contribution >= 4 is 17.5 Å². The van der Waals surface area contributed by atoms with Crippen molar-refractivity contribution in [1.82, 2.24) is 4.90 Å². The summed E-state index contributed by atoms with van der Waals surface area (Å²) < 4.78 is 0. The normalized spacial score (nSPS) is 12.5. The van der Waals surface area contributed by atoms with Crippen LogP contribution >= 0.6 is 11.6 Å². The van der Waals surface area contributed by atoms with Gasteiger partial charge in [0.05, 0.1) is 0 Å². The van der Waals surface area contributed by atoms with Gasteiger partial charge in [0.15, 0.2) is 0 Å². The molecule has 0 saturated heterocycles. The Morgan fingerprint density at radius 1 is 1.37 bits per heavy atom. The van der Waals surface area contributed by atoms with Gasteiger partial charge >= 0.3 is 0 Å². The zero-order valence-corrected chi connectivity index (χ0v) is 12.7. The monoisotopic (exact) mass is 282 g/mol. The first-order chi connectivity index (χ1) is 8.93. The highest BCUT2D eigenvalue weighted by Gasteiger charge is 2.19. The predicted octanol–water partition coefficient (Wildman–Crippen LogP) is 3.06. The van der Waals surface area contributed by atoms with E-state index in [-0.39, 0.29) is 17.9 Å². The average molecular weight is 283 g/mol. The number of hydrogen-bond acceptors (Lipinski definition) is 2. The van der Waals surface area contributed by atoms with Crippen molar-refractivity contribution in [2.45, 2.75) is 39.8 Å². The van der Waals surface area contributed by atoms with Gasteiger partial charge in [-0.05, 0) is 44.0 Å². The molecule has 0 aliphatic heterocycles. The molecule has 0 aliphatic carbocycles. The molecule has 0 aromatic heterocycles. The second-order valence-electron chi connectivity index (χ2n) is 5.29. The molecule has 1 aromatic carbocycles. The third kappa shape index (κ3) is 5.21. The SMILES string of the molecule is CC(C)N(Cc1cccc(Cl)c1)C(=O)C[C@@H](C)CN. The van der Waals surface area contributed by atoms with E-state index in [1.54, 1.807) is 0 Å². The van der Waals surface area contributed by atoms with Crippen LogP contribution in [0.3, 0.4) is 0 Å². The summed E-state index contributed by atoms with van der Waals surface area (Å²) in [6, 6.07) is 7.79. The van der Waals surface area contributed by atoms with Gasteiger partial charge in [0, 0.05) is 24.0 Å². The maximum atomic E-state index is 12.3. The second kappa shape index (κ2) is 7.51. The molecule has 0 radical (unpaired) electrons. The number of nitrogens with two attached hydrogens (primary N) is 1. The van der Waals surface area contributed by atoms with E-state index < -0.39 is 0 Å². The number of halogens is 1. The zero-order valence-electron chi connectivity index (χ0n) is 11.9. The van der Waals surface area contributed by atoms with Crippen LogP contribution in [0.15, 0.2) is 24.3 Å². The van der Waals surface area contributed by atoms with Crippen LogP contribution in [0, 0.1) is 5.92 Å². The highest BCUT2D eigenvalue weighted by molar-refractivity contribution is 6.30. The molecule has 19 heavy (non-hydrogen) atoms. The molecule has 106 valence electrons. The molecular formula is C15H23ClN2O. The van der Waals surface area contributed by atoms with Crippen LogP contribution < -0.4 is 5.73 Å². The Kier molecular flexibility index (Phi) is 6.32. The standard InChI is InChI=1S/C15H23ClN2O/c1-11(2)18(15(19)7-12(3)9-17)10-13-5-4-6-14(16)8-13/h4-6,8,11-12H,7,9-10,17H2,1-3H3/t12-/m1/s1. The van der Waals surface area contributed by atoms with Crippen molar-refractivity contribution in [3.63, 3.8) is 0 Å². The van der Waals surface area contributed by atoms with Gasteiger partial charge < -0.3 is 10.6 Å². The summed E-state index contributed by atoms with van der Waals surface area (Å²) in [5, 5.41) is 0.698. The first kappa shape index (κ1) is 16.0. The molecule has 2 N–H and O–H groups in total. The number of nitrogens with zero attached hydrogens (tertiary/aromatic N) is 1. The Labute approximate surface area is 120 Å². The number of carbonyl (C=O) groups is 1. The zero-order chi connectivity index (χ0) is 14.4. The van der Waals surface area contributed by atoms with Gasteiger partial charge in [-0.15, -0.1) is 0 Å². The third-order valence-corrected chi connectivity index (χ3v) is 3.35. The molecule has 0 fully saturated rings. The number of amides is 1. The van der Waals surface area contributed by atoms with Crippen LogP contribution in [0.4, 0.5) is 0 Å². The molecule has 1 aromatic rings. The average Bonchev–Trinajstić information content (AvgIpc) is 2.35. The molecule has 0 spiro atoms. The maximum Gasteiger partial charge on any atom is 0.223 e. The highest BCUT2D eigenvalue weighted by atomic mass is 35.5. The van der Waals surface area contributed by atoms with E-state index in [1.165, 1.54) is 0 Å². The Morgan fingerprint density at radius 2 is 2.05 bits per heavy atom. The van der Waals surface area contributed by atoms with Crippen LogP contribution in [0.2, 0.25) is 5.02 Å². The second-order valence-corrected chi connectivity index (χ2v) is 5.73. The van der Waals surface area contributed by atoms with Crippen LogP contribution in [-0.2, 0) is 11.3 Å². The summed E-state index contributed by atoms with van der Waals surface area (Å²) in [6.07, 6.45) is 0.495. The lowest BCUT2D eigenvalue weighted by molar-refractivity contribution is -0.134. The van der Waals surface area contributed by atoms with Gasteiger partial charge in [0.1, 0.15) is 0 Å². The maximum absolute atomic E-state index is 12.3. The third-order valence-electron chi connectivity index (χ3n) is 3.11. The van der Waals surface area contributed by atoms with E-state index >= 15 is 0 Å². The van der Waals surface area contributed by atoms with Gasteiger partial charge in [0.2, 0.25) is 5.91 Å². The molecule has 3 nitrogen and oxygen atoms in total. The minimum atomic E-state index is 0.146. The van der Waals surface area contributed by atoms with Gasteiger partial charge in [-0.1, -0.05) is 30.7 Å². The van der Waals surface area contributed by atoms with E-state index in [2.05, 4.69) is 0 Å². The van der Waals surface area contributed by atoms with Crippen molar-refractivity contribution in [3.05, 3.63) is 34.9 Å². The lowest BCUT2D eigenvalue weighted by Crippen LogP contribution is -2.37. The smallest absolute Gasteiger partial charge is 0.223 e. The molecule has 0 heterocycles. The Balaban J connectivity index is 2.75. The van der Waals surface area contributed by atoms with E-state index in [0.29, 0.717) is 24.5 Å². The fourth-order valence-electron chi connectivity index (χ4n) is 1.89. The number of rotatable bonds is 6.